The van der Waals surface area contributed by atoms with Gasteiger partial charge in [-0.2, -0.15) is 0 Å². The molecule has 0 aliphatic carbocycles. The Bertz CT molecular complexity index is 1040. The van der Waals surface area contributed by atoms with Crippen LogP contribution in [0.1, 0.15) is 29.3 Å². The topological polar surface area (TPSA) is 102 Å². The summed E-state index contributed by atoms with van der Waals surface area (Å²) in [6.45, 7) is 3.60. The molecule has 2 amide bonds. The summed E-state index contributed by atoms with van der Waals surface area (Å²) in [6, 6.07) is 11.7. The third-order valence-electron chi connectivity index (χ3n) is 4.94. The molecule has 8 nitrogen and oxygen atoms in total. The van der Waals surface area contributed by atoms with Gasteiger partial charge in [0.25, 0.3) is 5.91 Å². The van der Waals surface area contributed by atoms with Crippen LogP contribution in [0.3, 0.4) is 0 Å². The number of anilines is 2. The van der Waals surface area contributed by atoms with Crippen LogP contribution in [0.5, 0.6) is 0 Å². The normalized spacial score (nSPS) is 15.4. The van der Waals surface area contributed by atoms with Crippen molar-refractivity contribution in [3.63, 3.8) is 0 Å². The van der Waals surface area contributed by atoms with Gasteiger partial charge < -0.3 is 19.7 Å². The second-order valence-electron chi connectivity index (χ2n) is 7.29. The molecule has 0 spiro atoms. The average Bonchev–Trinajstić information content (AvgIpc) is 3.16. The van der Waals surface area contributed by atoms with Crippen molar-refractivity contribution in [2.45, 2.75) is 20.3 Å². The molecule has 0 saturated carbocycles. The van der Waals surface area contributed by atoms with E-state index < -0.39 is 30.4 Å². The summed E-state index contributed by atoms with van der Waals surface area (Å²) in [7, 11) is 0. The lowest BCUT2D eigenvalue weighted by Gasteiger charge is -2.17. The molecule has 1 heterocycles. The van der Waals surface area contributed by atoms with E-state index in [9.17, 15) is 19.2 Å². The molecular weight excluding hydrogens is 480 g/mol. The van der Waals surface area contributed by atoms with Gasteiger partial charge in [-0.25, -0.2) is 4.79 Å². The largest absolute Gasteiger partial charge is 0.462 e. The fraction of sp³-hybridized carbons (Fsp3) is 0.304. The first-order chi connectivity index (χ1) is 15.3. The summed E-state index contributed by atoms with van der Waals surface area (Å²) in [5.41, 5.74) is 2.51. The number of esters is 2. The molecule has 2 aromatic carbocycles. The second kappa shape index (κ2) is 10.4. The lowest BCUT2D eigenvalue weighted by atomic mass is 10.1. The highest BCUT2D eigenvalue weighted by Gasteiger charge is 2.36. The third kappa shape index (κ3) is 5.73. The van der Waals surface area contributed by atoms with Gasteiger partial charge in [0.05, 0.1) is 18.1 Å². The van der Waals surface area contributed by atoms with E-state index in [0.717, 1.165) is 10.0 Å². The Hall–Kier alpha value is -3.20. The standard InChI is InChI=1S/C23H23BrN2O6/c1-3-31-22(29)15-4-7-18(8-5-15)26-12-16(11-21(26)28)23(30)32-13-20(27)25-17-6-9-19(24)14(2)10-17/h4-10,16H,3,11-13H2,1-2H3,(H,25,27)/t16-/m0/s1. The summed E-state index contributed by atoms with van der Waals surface area (Å²) in [6.07, 6.45) is -0.00795. The summed E-state index contributed by atoms with van der Waals surface area (Å²) >= 11 is 3.39. The molecule has 9 heteroatoms. The molecule has 1 fully saturated rings. The van der Waals surface area contributed by atoms with Crippen molar-refractivity contribution >= 4 is 51.1 Å². The van der Waals surface area contributed by atoms with Crippen LogP contribution in [0.15, 0.2) is 46.9 Å². The summed E-state index contributed by atoms with van der Waals surface area (Å²) < 4.78 is 11.0. The second-order valence-corrected chi connectivity index (χ2v) is 8.15. The van der Waals surface area contributed by atoms with Crippen LogP contribution in [-0.4, -0.2) is 43.5 Å². The van der Waals surface area contributed by atoms with Crippen LogP contribution in [0.2, 0.25) is 0 Å². The number of nitrogens with one attached hydrogen (secondary N) is 1. The number of nitrogens with zero attached hydrogens (tertiary/aromatic N) is 1. The molecule has 0 radical (unpaired) electrons. The first kappa shape index (κ1) is 23.5. The minimum absolute atomic E-state index is 0.00795. The number of aryl methyl sites for hydroxylation is 1. The van der Waals surface area contributed by atoms with Gasteiger partial charge in [0, 0.05) is 28.8 Å². The molecule has 1 aliphatic rings. The van der Waals surface area contributed by atoms with Crippen molar-refractivity contribution in [3.05, 3.63) is 58.1 Å². The maximum Gasteiger partial charge on any atom is 0.338 e. The number of amides is 2. The van der Waals surface area contributed by atoms with Crippen molar-refractivity contribution in [1.29, 1.82) is 0 Å². The van der Waals surface area contributed by atoms with Crippen molar-refractivity contribution in [2.24, 2.45) is 5.92 Å². The van der Waals surface area contributed by atoms with Gasteiger partial charge in [-0.05, 0) is 61.9 Å². The minimum atomic E-state index is -0.671. The van der Waals surface area contributed by atoms with Crippen LogP contribution in [0.25, 0.3) is 0 Å². The van der Waals surface area contributed by atoms with Crippen molar-refractivity contribution in [1.82, 2.24) is 0 Å². The van der Waals surface area contributed by atoms with Crippen LogP contribution in [0.4, 0.5) is 11.4 Å². The van der Waals surface area contributed by atoms with E-state index in [1.165, 1.54) is 4.90 Å². The van der Waals surface area contributed by atoms with Crippen LogP contribution < -0.4 is 10.2 Å². The van der Waals surface area contributed by atoms with Gasteiger partial charge in [0.2, 0.25) is 5.91 Å². The maximum atomic E-state index is 12.4. The Balaban J connectivity index is 1.52. The third-order valence-corrected chi connectivity index (χ3v) is 5.83. The maximum absolute atomic E-state index is 12.4. The first-order valence-electron chi connectivity index (χ1n) is 10.1. The smallest absolute Gasteiger partial charge is 0.338 e. The molecule has 0 unspecified atom stereocenters. The lowest BCUT2D eigenvalue weighted by molar-refractivity contribution is -0.151. The highest BCUT2D eigenvalue weighted by atomic mass is 79.9. The van der Waals surface area contributed by atoms with Gasteiger partial charge in [-0.15, -0.1) is 0 Å². The Kier molecular flexibility index (Phi) is 7.63. The highest BCUT2D eigenvalue weighted by Crippen LogP contribution is 2.26. The molecule has 1 N–H and O–H groups in total. The molecule has 1 aliphatic heterocycles. The minimum Gasteiger partial charge on any atom is -0.462 e. The quantitative estimate of drug-likeness (QED) is 0.581. The molecule has 0 bridgehead atoms. The highest BCUT2D eigenvalue weighted by molar-refractivity contribution is 9.10. The molecule has 2 aromatic rings. The Morgan fingerprint density at radius 1 is 1.12 bits per heavy atom. The van der Waals surface area contributed by atoms with E-state index in [-0.39, 0.29) is 25.5 Å². The van der Waals surface area contributed by atoms with E-state index in [1.54, 1.807) is 43.3 Å². The van der Waals surface area contributed by atoms with Crippen molar-refractivity contribution < 1.29 is 28.7 Å². The van der Waals surface area contributed by atoms with Gasteiger partial charge >= 0.3 is 11.9 Å². The fourth-order valence-electron chi connectivity index (χ4n) is 3.28. The Labute approximate surface area is 194 Å². The van der Waals surface area contributed by atoms with Crippen LogP contribution in [0, 0.1) is 12.8 Å². The Morgan fingerprint density at radius 2 is 1.84 bits per heavy atom. The number of rotatable bonds is 7. The summed E-state index contributed by atoms with van der Waals surface area (Å²) in [5.74, 6) is -2.41. The number of carbonyl (C=O) groups excluding carboxylic acids is 4. The first-order valence-corrected chi connectivity index (χ1v) is 10.9. The zero-order chi connectivity index (χ0) is 23.3. The van der Waals surface area contributed by atoms with Crippen molar-refractivity contribution in [2.75, 3.05) is 30.0 Å². The molecule has 0 aromatic heterocycles. The van der Waals surface area contributed by atoms with Gasteiger partial charge in [0.1, 0.15) is 0 Å². The number of halogens is 1. The van der Waals surface area contributed by atoms with Gasteiger partial charge in [-0.3, -0.25) is 14.4 Å². The summed E-state index contributed by atoms with van der Waals surface area (Å²) in [5, 5.41) is 2.67. The van der Waals surface area contributed by atoms with E-state index in [0.29, 0.717) is 16.9 Å². The summed E-state index contributed by atoms with van der Waals surface area (Å²) in [4.78, 5) is 50.1. The number of hydrogen-bond acceptors (Lipinski definition) is 6. The van der Waals surface area contributed by atoms with Gasteiger partial charge in [0.15, 0.2) is 6.61 Å². The zero-order valence-corrected chi connectivity index (χ0v) is 19.3. The number of ether oxygens (including phenoxy) is 2. The molecule has 3 rings (SSSR count). The SMILES string of the molecule is CCOC(=O)c1ccc(N2C[C@@H](C(=O)OCC(=O)Nc3ccc(Br)c(C)c3)CC2=O)cc1. The van der Waals surface area contributed by atoms with Gasteiger partial charge in [-0.1, -0.05) is 15.9 Å². The number of carbonyl (C=O) groups is 4. The predicted molar refractivity (Wildman–Crippen MR) is 121 cm³/mol. The average molecular weight is 503 g/mol. The Morgan fingerprint density at radius 3 is 2.50 bits per heavy atom. The molecular formula is C23H23BrN2O6. The van der Waals surface area contributed by atoms with E-state index >= 15 is 0 Å². The molecule has 1 atom stereocenters. The zero-order valence-electron chi connectivity index (χ0n) is 17.7. The molecule has 168 valence electrons. The lowest BCUT2D eigenvalue weighted by Crippen LogP contribution is -2.28. The van der Waals surface area contributed by atoms with E-state index in [1.807, 2.05) is 13.0 Å². The number of benzene rings is 2. The van der Waals surface area contributed by atoms with E-state index in [4.69, 9.17) is 9.47 Å². The van der Waals surface area contributed by atoms with Crippen molar-refractivity contribution in [3.8, 4) is 0 Å². The predicted octanol–water partition coefficient (Wildman–Crippen LogP) is 3.47. The monoisotopic (exact) mass is 502 g/mol. The molecule has 1 saturated heterocycles. The fourth-order valence-corrected chi connectivity index (χ4v) is 3.53. The molecule has 32 heavy (non-hydrogen) atoms. The van der Waals surface area contributed by atoms with E-state index in [2.05, 4.69) is 21.2 Å². The van der Waals surface area contributed by atoms with Crippen LogP contribution >= 0.6 is 15.9 Å². The number of hydrogen-bond donors (Lipinski definition) is 1. The van der Waals surface area contributed by atoms with Crippen LogP contribution in [-0.2, 0) is 23.9 Å².